The first-order valence-corrected chi connectivity index (χ1v) is 13.0. The summed E-state index contributed by atoms with van der Waals surface area (Å²) in [5, 5.41) is 26.8. The third kappa shape index (κ3) is 5.77. The van der Waals surface area contributed by atoms with E-state index >= 15 is 0 Å². The second kappa shape index (κ2) is 11.4. The molecule has 0 bridgehead atoms. The number of aryl methyl sites for hydroxylation is 2. The largest absolute Gasteiger partial charge is 0.368 e. The molecule has 11 heteroatoms. The van der Waals surface area contributed by atoms with Gasteiger partial charge in [-0.1, -0.05) is 28.9 Å². The van der Waals surface area contributed by atoms with Crippen molar-refractivity contribution in [3.8, 4) is 11.3 Å². The number of anilines is 1. The summed E-state index contributed by atoms with van der Waals surface area (Å²) in [6, 6.07) is 12.9. The van der Waals surface area contributed by atoms with E-state index in [-0.39, 0.29) is 5.91 Å². The first-order chi connectivity index (χ1) is 18.4. The number of halogens is 1. The Balaban J connectivity index is 1.37. The fraction of sp³-hybridized carbons (Fsp3) is 0.370. The number of carbonyl (C=O) groups excluding carboxylic acids is 1. The zero-order valence-electron chi connectivity index (χ0n) is 21.0. The van der Waals surface area contributed by atoms with Crippen molar-refractivity contribution in [3.05, 3.63) is 64.4 Å². The Morgan fingerprint density at radius 2 is 1.76 bits per heavy atom. The Labute approximate surface area is 224 Å². The van der Waals surface area contributed by atoms with Gasteiger partial charge < -0.3 is 20.0 Å². The van der Waals surface area contributed by atoms with Crippen LogP contribution in [0.1, 0.15) is 41.0 Å². The average molecular weight is 537 g/mol. The number of fused-ring (bicyclic) bond motifs is 1. The van der Waals surface area contributed by atoms with Crippen LogP contribution in [0.3, 0.4) is 0 Å². The SMILES string of the molecule is Cc1nonc1N1CCN(C(=O)c2ccc3nc(-c4ccc(Cl)cc4)c(CCCCC(O)O)nc3c2)CC1. The average Bonchev–Trinajstić information content (AvgIpc) is 3.36. The Morgan fingerprint density at radius 3 is 2.45 bits per heavy atom. The summed E-state index contributed by atoms with van der Waals surface area (Å²) in [6.45, 7) is 4.26. The number of hydrogen-bond acceptors (Lipinski definition) is 9. The molecular formula is C27H29ClN6O4. The van der Waals surface area contributed by atoms with Crippen molar-refractivity contribution in [2.75, 3.05) is 31.1 Å². The summed E-state index contributed by atoms with van der Waals surface area (Å²) >= 11 is 6.09. The molecule has 198 valence electrons. The number of aromatic nitrogens is 4. The molecule has 10 nitrogen and oxygen atoms in total. The molecule has 0 unspecified atom stereocenters. The van der Waals surface area contributed by atoms with Crippen LogP contribution in [-0.4, -0.2) is 73.8 Å². The molecule has 5 rings (SSSR count). The van der Waals surface area contributed by atoms with Gasteiger partial charge in [0.15, 0.2) is 12.1 Å². The van der Waals surface area contributed by atoms with Crippen molar-refractivity contribution in [3.63, 3.8) is 0 Å². The number of aliphatic hydroxyl groups is 2. The summed E-state index contributed by atoms with van der Waals surface area (Å²) in [4.78, 5) is 27.0. The monoisotopic (exact) mass is 536 g/mol. The van der Waals surface area contributed by atoms with E-state index < -0.39 is 6.29 Å². The van der Waals surface area contributed by atoms with E-state index in [4.69, 9.17) is 26.2 Å². The van der Waals surface area contributed by atoms with Gasteiger partial charge >= 0.3 is 0 Å². The minimum atomic E-state index is -1.32. The number of aliphatic hydroxyl groups excluding tert-OH is 1. The molecule has 0 aliphatic carbocycles. The Morgan fingerprint density at radius 1 is 1.00 bits per heavy atom. The van der Waals surface area contributed by atoms with Crippen molar-refractivity contribution < 1.29 is 19.6 Å². The van der Waals surface area contributed by atoms with Crippen LogP contribution in [0.4, 0.5) is 5.82 Å². The van der Waals surface area contributed by atoms with Crippen molar-refractivity contribution in [1.82, 2.24) is 25.2 Å². The molecule has 38 heavy (non-hydrogen) atoms. The van der Waals surface area contributed by atoms with Gasteiger partial charge in [0.05, 0.1) is 22.4 Å². The third-order valence-corrected chi connectivity index (χ3v) is 6.97. The molecule has 1 fully saturated rings. The van der Waals surface area contributed by atoms with Crippen LogP contribution in [0.15, 0.2) is 47.1 Å². The Hall–Kier alpha value is -3.60. The minimum absolute atomic E-state index is 0.0522. The van der Waals surface area contributed by atoms with Gasteiger partial charge in [-0.3, -0.25) is 4.79 Å². The molecule has 0 radical (unpaired) electrons. The highest BCUT2D eigenvalue weighted by atomic mass is 35.5. The quantitative estimate of drug-likeness (QED) is 0.256. The summed E-state index contributed by atoms with van der Waals surface area (Å²) in [7, 11) is 0. The fourth-order valence-corrected chi connectivity index (χ4v) is 4.80. The van der Waals surface area contributed by atoms with E-state index in [2.05, 4.69) is 15.2 Å². The molecule has 2 aromatic heterocycles. The summed E-state index contributed by atoms with van der Waals surface area (Å²) < 4.78 is 4.81. The predicted octanol–water partition coefficient (Wildman–Crippen LogP) is 3.63. The van der Waals surface area contributed by atoms with Gasteiger partial charge in [-0.25, -0.2) is 14.6 Å². The molecule has 3 heterocycles. The van der Waals surface area contributed by atoms with Gasteiger partial charge in [-0.15, -0.1) is 0 Å². The lowest BCUT2D eigenvalue weighted by molar-refractivity contribution is -0.0465. The molecule has 1 saturated heterocycles. The molecule has 0 spiro atoms. The normalized spacial score (nSPS) is 14.0. The molecule has 4 aromatic rings. The van der Waals surface area contributed by atoms with Crippen LogP contribution in [0, 0.1) is 6.92 Å². The molecule has 1 amide bonds. The lowest BCUT2D eigenvalue weighted by Gasteiger charge is -2.34. The van der Waals surface area contributed by atoms with Crippen molar-refractivity contribution in [2.24, 2.45) is 0 Å². The number of nitrogens with zero attached hydrogens (tertiary/aromatic N) is 6. The molecule has 0 saturated carbocycles. The Kier molecular flexibility index (Phi) is 7.82. The molecule has 1 aliphatic rings. The number of benzene rings is 2. The standard InChI is InChI=1S/C27H29ClN6O4/c1-17-26(32-38-31-17)33-12-14-34(15-13-33)27(37)19-8-11-21-23(16-19)29-22(4-2-3-5-24(35)36)25(30-21)18-6-9-20(28)10-7-18/h6-11,16,24,35-36H,2-5,12-15H2,1H3. The van der Waals surface area contributed by atoms with Gasteiger partial charge in [0.1, 0.15) is 5.69 Å². The van der Waals surface area contributed by atoms with Crippen LogP contribution in [0.5, 0.6) is 0 Å². The zero-order chi connectivity index (χ0) is 26.6. The van der Waals surface area contributed by atoms with Crippen molar-refractivity contribution >= 4 is 34.4 Å². The van der Waals surface area contributed by atoms with E-state index in [0.717, 1.165) is 34.9 Å². The maximum Gasteiger partial charge on any atom is 0.254 e. The molecule has 2 N–H and O–H groups in total. The highest BCUT2D eigenvalue weighted by Gasteiger charge is 2.25. The maximum atomic E-state index is 13.3. The first-order valence-electron chi connectivity index (χ1n) is 12.6. The van der Waals surface area contributed by atoms with Crippen LogP contribution in [-0.2, 0) is 6.42 Å². The van der Waals surface area contributed by atoms with E-state index in [1.54, 1.807) is 12.1 Å². The van der Waals surface area contributed by atoms with Crippen LogP contribution < -0.4 is 4.90 Å². The van der Waals surface area contributed by atoms with Gasteiger partial charge in [-0.05, 0) is 68.1 Å². The number of hydrogen-bond donors (Lipinski definition) is 2. The van der Waals surface area contributed by atoms with Gasteiger partial charge in [-0.2, -0.15) is 0 Å². The summed E-state index contributed by atoms with van der Waals surface area (Å²) in [5.74, 6) is 0.666. The van der Waals surface area contributed by atoms with E-state index in [1.807, 2.05) is 42.2 Å². The molecule has 1 aliphatic heterocycles. The van der Waals surface area contributed by atoms with Crippen molar-refractivity contribution in [1.29, 1.82) is 0 Å². The number of amides is 1. The number of piperazine rings is 1. The molecule has 2 aromatic carbocycles. The smallest absolute Gasteiger partial charge is 0.254 e. The van der Waals surface area contributed by atoms with E-state index in [9.17, 15) is 15.0 Å². The molecular weight excluding hydrogens is 508 g/mol. The predicted molar refractivity (Wildman–Crippen MR) is 143 cm³/mol. The lowest BCUT2D eigenvalue weighted by atomic mass is 10.0. The number of carbonyl (C=O) groups is 1. The maximum absolute atomic E-state index is 13.3. The topological polar surface area (TPSA) is 129 Å². The zero-order valence-corrected chi connectivity index (χ0v) is 21.8. The van der Waals surface area contributed by atoms with E-state index in [0.29, 0.717) is 67.1 Å². The van der Waals surface area contributed by atoms with Crippen LogP contribution in [0.25, 0.3) is 22.3 Å². The lowest BCUT2D eigenvalue weighted by Crippen LogP contribution is -2.49. The Bertz CT molecular complexity index is 1420. The van der Waals surface area contributed by atoms with Gasteiger partial charge in [0, 0.05) is 42.3 Å². The second-order valence-electron chi connectivity index (χ2n) is 9.41. The minimum Gasteiger partial charge on any atom is -0.368 e. The highest BCUT2D eigenvalue weighted by Crippen LogP contribution is 2.27. The second-order valence-corrected chi connectivity index (χ2v) is 9.84. The highest BCUT2D eigenvalue weighted by molar-refractivity contribution is 6.30. The van der Waals surface area contributed by atoms with Crippen LogP contribution >= 0.6 is 11.6 Å². The number of unbranched alkanes of at least 4 members (excludes halogenated alkanes) is 1. The fourth-order valence-electron chi connectivity index (χ4n) is 4.67. The van der Waals surface area contributed by atoms with E-state index in [1.165, 1.54) is 0 Å². The first kappa shape index (κ1) is 26.0. The molecule has 0 atom stereocenters. The summed E-state index contributed by atoms with van der Waals surface area (Å²) in [5.41, 5.74) is 5.09. The van der Waals surface area contributed by atoms with Gasteiger partial charge in [0.2, 0.25) is 0 Å². The third-order valence-electron chi connectivity index (χ3n) is 6.72. The number of rotatable bonds is 8. The summed E-state index contributed by atoms with van der Waals surface area (Å²) in [6.07, 6.45) is 0.966. The van der Waals surface area contributed by atoms with Crippen LogP contribution in [0.2, 0.25) is 5.02 Å². The van der Waals surface area contributed by atoms with Gasteiger partial charge in [0.25, 0.3) is 5.91 Å². The van der Waals surface area contributed by atoms with Crippen molar-refractivity contribution in [2.45, 2.75) is 38.9 Å².